The highest BCUT2D eigenvalue weighted by Crippen LogP contribution is 2.24. The number of nitrogens with zero attached hydrogens (tertiary/aromatic N) is 2. The van der Waals surface area contributed by atoms with Crippen molar-refractivity contribution in [2.45, 2.75) is 5.51 Å². The Morgan fingerprint density at radius 1 is 1.38 bits per heavy atom. The highest BCUT2D eigenvalue weighted by molar-refractivity contribution is 7.90. The molecule has 0 unspecified atom stereocenters. The Kier molecular flexibility index (Phi) is 2.10. The minimum Gasteiger partial charge on any atom is -0.239 e. The number of hydrogen-bond acceptors (Lipinski definition) is 2. The Hall–Kier alpha value is -1.05. The number of hydrogen-bond donors (Lipinski definition) is 0. The van der Waals surface area contributed by atoms with Crippen LogP contribution in [0.25, 0.3) is 0 Å². The van der Waals surface area contributed by atoms with E-state index in [2.05, 4.69) is 0 Å². The number of halogens is 3. The van der Waals surface area contributed by atoms with Crippen molar-refractivity contribution < 1.29 is 26.2 Å². The van der Waals surface area contributed by atoms with E-state index in [1.165, 1.54) is 17.8 Å². The van der Waals surface area contributed by atoms with Crippen LogP contribution in [0.15, 0.2) is 18.7 Å². The quantitative estimate of drug-likeness (QED) is 0.619. The molecule has 1 rings (SSSR count). The standard InChI is InChI=1S/C5H6F3N2O2S/c1-9-2-3-10(4-9)13(11,12)5(6,7)8/h2-4H,1H3/q+1. The minimum absolute atomic E-state index is 0.118. The van der Waals surface area contributed by atoms with Crippen molar-refractivity contribution in [1.82, 2.24) is 3.97 Å². The largest absolute Gasteiger partial charge is 0.537 e. The molecule has 8 heteroatoms. The second kappa shape index (κ2) is 2.72. The van der Waals surface area contributed by atoms with Gasteiger partial charge < -0.3 is 0 Å². The SMILES string of the molecule is C[n+]1ccn(S(=O)(=O)C(F)(F)F)c1. The second-order valence-electron chi connectivity index (χ2n) is 2.36. The van der Waals surface area contributed by atoms with Gasteiger partial charge in [-0.1, -0.05) is 0 Å². The zero-order valence-electron chi connectivity index (χ0n) is 6.49. The molecule has 0 atom stereocenters. The third-order valence-electron chi connectivity index (χ3n) is 1.31. The van der Waals surface area contributed by atoms with E-state index < -0.39 is 15.5 Å². The Morgan fingerprint density at radius 2 is 1.92 bits per heavy atom. The maximum absolute atomic E-state index is 11.9. The van der Waals surface area contributed by atoms with Crippen molar-refractivity contribution in [3.63, 3.8) is 0 Å². The summed E-state index contributed by atoms with van der Waals surface area (Å²) >= 11 is 0. The summed E-state index contributed by atoms with van der Waals surface area (Å²) in [5, 5.41) is 0. The number of alkyl halides is 3. The van der Waals surface area contributed by atoms with Crippen LogP contribution in [0.3, 0.4) is 0 Å². The Labute approximate surface area is 72.3 Å². The molecule has 0 amide bonds. The summed E-state index contributed by atoms with van der Waals surface area (Å²) in [5.74, 6) is 0. The molecule has 0 aromatic carbocycles. The summed E-state index contributed by atoms with van der Waals surface area (Å²) in [4.78, 5) is 0. The molecule has 74 valence electrons. The fraction of sp³-hybridized carbons (Fsp3) is 0.400. The average Bonchev–Trinajstić information content (AvgIpc) is 2.33. The number of aromatic nitrogens is 2. The molecule has 13 heavy (non-hydrogen) atoms. The van der Waals surface area contributed by atoms with Crippen LogP contribution >= 0.6 is 0 Å². The molecule has 1 heterocycles. The van der Waals surface area contributed by atoms with Crippen LogP contribution in [0.1, 0.15) is 0 Å². The van der Waals surface area contributed by atoms with Crippen LogP contribution in [0.2, 0.25) is 0 Å². The lowest BCUT2D eigenvalue weighted by Crippen LogP contribution is -2.31. The van der Waals surface area contributed by atoms with Crippen LogP contribution in [-0.2, 0) is 17.1 Å². The first kappa shape index (κ1) is 10.0. The van der Waals surface area contributed by atoms with Crippen LogP contribution in [0, 0.1) is 0 Å². The van der Waals surface area contributed by atoms with Crippen molar-refractivity contribution in [2.24, 2.45) is 7.05 Å². The highest BCUT2D eigenvalue weighted by Gasteiger charge is 2.51. The van der Waals surface area contributed by atoms with Gasteiger partial charge in [-0.05, 0) is 0 Å². The first-order chi connectivity index (χ1) is 5.75. The topological polar surface area (TPSA) is 43.0 Å². The van der Waals surface area contributed by atoms with Gasteiger partial charge >= 0.3 is 15.5 Å². The molecule has 0 aliphatic carbocycles. The molecule has 0 bridgehead atoms. The van der Waals surface area contributed by atoms with Gasteiger partial charge in [0.2, 0.25) is 0 Å². The first-order valence-electron chi connectivity index (χ1n) is 3.10. The summed E-state index contributed by atoms with van der Waals surface area (Å²) in [5.41, 5.74) is -5.26. The first-order valence-corrected chi connectivity index (χ1v) is 4.54. The second-order valence-corrected chi connectivity index (χ2v) is 4.19. The number of aryl methyl sites for hydroxylation is 1. The predicted octanol–water partition coefficient (Wildman–Crippen LogP) is 0.0103. The highest BCUT2D eigenvalue weighted by atomic mass is 32.2. The zero-order valence-corrected chi connectivity index (χ0v) is 7.30. The molecule has 0 aliphatic heterocycles. The fourth-order valence-corrected chi connectivity index (χ4v) is 1.42. The van der Waals surface area contributed by atoms with Crippen LogP contribution in [-0.4, -0.2) is 17.9 Å². The molecule has 0 spiro atoms. The van der Waals surface area contributed by atoms with Crippen molar-refractivity contribution >= 4 is 10.0 Å². The maximum Gasteiger partial charge on any atom is 0.537 e. The molecule has 4 nitrogen and oxygen atoms in total. The molecule has 0 aliphatic rings. The van der Waals surface area contributed by atoms with Gasteiger partial charge in [-0.3, -0.25) is 0 Å². The Balaban J connectivity index is 3.24. The van der Waals surface area contributed by atoms with Gasteiger partial charge in [0.25, 0.3) is 6.33 Å². The van der Waals surface area contributed by atoms with Gasteiger partial charge in [0.15, 0.2) is 0 Å². The summed E-state index contributed by atoms with van der Waals surface area (Å²) in [6.45, 7) is 0. The molecular weight excluding hydrogens is 209 g/mol. The fourth-order valence-electron chi connectivity index (χ4n) is 0.689. The van der Waals surface area contributed by atoms with Crippen LogP contribution in [0.4, 0.5) is 13.2 Å². The van der Waals surface area contributed by atoms with Crippen molar-refractivity contribution in [3.8, 4) is 0 Å². The van der Waals surface area contributed by atoms with Gasteiger partial charge in [-0.15, -0.1) is 3.97 Å². The molecule has 1 aromatic heterocycles. The van der Waals surface area contributed by atoms with E-state index >= 15 is 0 Å². The van der Waals surface area contributed by atoms with Crippen LogP contribution in [0.5, 0.6) is 0 Å². The average molecular weight is 215 g/mol. The lowest BCUT2D eigenvalue weighted by Gasteiger charge is -2.02. The van der Waals surface area contributed by atoms with Gasteiger partial charge in [0, 0.05) is 0 Å². The number of imidazole rings is 1. The van der Waals surface area contributed by atoms with E-state index in [0.717, 1.165) is 12.5 Å². The van der Waals surface area contributed by atoms with E-state index in [1.54, 1.807) is 0 Å². The molecule has 0 saturated carbocycles. The molecule has 0 radical (unpaired) electrons. The molecular formula is C5H6F3N2O2S+. The van der Waals surface area contributed by atoms with E-state index in [4.69, 9.17) is 0 Å². The van der Waals surface area contributed by atoms with E-state index in [1.807, 2.05) is 0 Å². The molecule has 0 N–H and O–H groups in total. The van der Waals surface area contributed by atoms with Crippen molar-refractivity contribution in [3.05, 3.63) is 18.7 Å². The summed E-state index contributed by atoms with van der Waals surface area (Å²) in [7, 11) is -3.84. The zero-order chi connectivity index (χ0) is 10.3. The normalized spacial score (nSPS) is 13.2. The minimum atomic E-state index is -5.26. The predicted molar refractivity (Wildman–Crippen MR) is 36.0 cm³/mol. The summed E-state index contributed by atoms with van der Waals surface area (Å²) in [6, 6.07) is 0. The van der Waals surface area contributed by atoms with E-state index in [-0.39, 0.29) is 3.97 Å². The van der Waals surface area contributed by atoms with Crippen molar-refractivity contribution in [2.75, 3.05) is 0 Å². The van der Waals surface area contributed by atoms with E-state index in [9.17, 15) is 21.6 Å². The van der Waals surface area contributed by atoms with Gasteiger partial charge in [-0.25, -0.2) is 4.57 Å². The third kappa shape index (κ3) is 1.67. The monoisotopic (exact) mass is 215 g/mol. The third-order valence-corrected chi connectivity index (χ3v) is 2.67. The van der Waals surface area contributed by atoms with Crippen LogP contribution < -0.4 is 4.57 Å². The summed E-state index contributed by atoms with van der Waals surface area (Å²) in [6.07, 6.45) is 2.84. The molecule has 1 aromatic rings. The van der Waals surface area contributed by atoms with Crippen molar-refractivity contribution in [1.29, 1.82) is 0 Å². The lowest BCUT2D eigenvalue weighted by atomic mass is 10.9. The van der Waals surface area contributed by atoms with Gasteiger partial charge in [0.05, 0.1) is 7.05 Å². The Bertz CT molecular complexity index is 406. The molecule has 0 fully saturated rings. The summed E-state index contributed by atoms with van der Waals surface area (Å²) < 4.78 is 58.4. The lowest BCUT2D eigenvalue weighted by molar-refractivity contribution is -0.670. The maximum atomic E-state index is 11.9. The smallest absolute Gasteiger partial charge is 0.239 e. The van der Waals surface area contributed by atoms with Gasteiger partial charge in [-0.2, -0.15) is 21.6 Å². The molecule has 0 saturated heterocycles. The Morgan fingerprint density at radius 3 is 2.23 bits per heavy atom. The van der Waals surface area contributed by atoms with E-state index in [0.29, 0.717) is 0 Å². The number of rotatable bonds is 1. The van der Waals surface area contributed by atoms with Gasteiger partial charge in [0.1, 0.15) is 12.4 Å².